The summed E-state index contributed by atoms with van der Waals surface area (Å²) in [5.74, 6) is 0.774. The maximum absolute atomic E-state index is 6.04. The van der Waals surface area contributed by atoms with Crippen LogP contribution in [-0.2, 0) is 0 Å². The van der Waals surface area contributed by atoms with E-state index in [0.717, 1.165) is 27.2 Å². The van der Waals surface area contributed by atoms with Gasteiger partial charge < -0.3 is 15.8 Å². The van der Waals surface area contributed by atoms with Crippen LogP contribution in [0.5, 0.6) is 5.75 Å². The first-order valence-corrected chi connectivity index (χ1v) is 6.84. The molecule has 0 atom stereocenters. The van der Waals surface area contributed by atoms with Gasteiger partial charge in [0.25, 0.3) is 0 Å². The normalized spacial score (nSPS) is 10.3. The van der Waals surface area contributed by atoms with Crippen molar-refractivity contribution in [2.75, 3.05) is 18.2 Å². The number of halogens is 2. The van der Waals surface area contributed by atoms with E-state index in [1.807, 2.05) is 37.3 Å². The predicted octanol–water partition coefficient (Wildman–Crippen LogP) is 4.75. The van der Waals surface area contributed by atoms with Gasteiger partial charge in [0, 0.05) is 21.9 Å². The van der Waals surface area contributed by atoms with Gasteiger partial charge in [-0.3, -0.25) is 0 Å². The molecule has 5 heteroatoms. The Hall–Kier alpha value is -1.39. The van der Waals surface area contributed by atoms with E-state index in [1.165, 1.54) is 0 Å². The summed E-state index contributed by atoms with van der Waals surface area (Å²) in [5, 5.41) is 3.84. The van der Waals surface area contributed by atoms with Gasteiger partial charge in [0.15, 0.2) is 0 Å². The molecule has 0 aliphatic carbocycles. The molecule has 0 saturated carbocycles. The zero-order valence-electron chi connectivity index (χ0n) is 10.6. The zero-order chi connectivity index (χ0) is 14.0. The van der Waals surface area contributed by atoms with Crippen molar-refractivity contribution >= 4 is 44.6 Å². The van der Waals surface area contributed by atoms with Gasteiger partial charge in [0.05, 0.1) is 17.8 Å². The van der Waals surface area contributed by atoms with E-state index in [1.54, 1.807) is 7.11 Å². The Morgan fingerprint density at radius 3 is 2.63 bits per heavy atom. The average molecular weight is 342 g/mol. The number of nitrogen functional groups attached to an aromatic ring is 1. The maximum Gasteiger partial charge on any atom is 0.122 e. The Bertz CT molecular complexity index is 617. The van der Waals surface area contributed by atoms with Gasteiger partial charge in [0.1, 0.15) is 5.75 Å². The minimum Gasteiger partial charge on any atom is -0.497 e. The summed E-state index contributed by atoms with van der Waals surface area (Å²) in [6.07, 6.45) is 0. The standard InChI is InChI=1S/C14H14BrClN2O/c1-8-3-13(17)12(16)7-14(8)18-10-4-9(15)5-11(6-10)19-2/h3-7,18H,17H2,1-2H3. The van der Waals surface area contributed by atoms with Gasteiger partial charge in [-0.1, -0.05) is 27.5 Å². The number of aryl methyl sites for hydroxylation is 1. The maximum atomic E-state index is 6.04. The lowest BCUT2D eigenvalue weighted by molar-refractivity contribution is 0.415. The molecule has 0 saturated heterocycles. The molecule has 0 unspecified atom stereocenters. The number of ether oxygens (including phenoxy) is 1. The van der Waals surface area contributed by atoms with Crippen LogP contribution in [-0.4, -0.2) is 7.11 Å². The zero-order valence-corrected chi connectivity index (χ0v) is 13.0. The van der Waals surface area contributed by atoms with Gasteiger partial charge in [-0.05, 0) is 36.8 Å². The molecule has 0 fully saturated rings. The van der Waals surface area contributed by atoms with Gasteiger partial charge in [-0.25, -0.2) is 0 Å². The van der Waals surface area contributed by atoms with Crippen LogP contribution in [0.2, 0.25) is 5.02 Å². The first-order chi connectivity index (χ1) is 8.99. The molecule has 0 aliphatic heterocycles. The average Bonchev–Trinajstić information content (AvgIpc) is 2.35. The summed E-state index contributed by atoms with van der Waals surface area (Å²) < 4.78 is 6.17. The van der Waals surface area contributed by atoms with E-state index in [-0.39, 0.29) is 0 Å². The van der Waals surface area contributed by atoms with Crippen LogP contribution < -0.4 is 15.8 Å². The van der Waals surface area contributed by atoms with E-state index in [0.29, 0.717) is 10.7 Å². The van der Waals surface area contributed by atoms with E-state index >= 15 is 0 Å². The number of benzene rings is 2. The topological polar surface area (TPSA) is 47.3 Å². The summed E-state index contributed by atoms with van der Waals surface area (Å²) in [4.78, 5) is 0. The fraction of sp³-hybridized carbons (Fsp3) is 0.143. The Morgan fingerprint density at radius 2 is 1.95 bits per heavy atom. The minimum atomic E-state index is 0.537. The predicted molar refractivity (Wildman–Crippen MR) is 84.6 cm³/mol. The van der Waals surface area contributed by atoms with E-state index in [4.69, 9.17) is 22.1 Å². The van der Waals surface area contributed by atoms with Crippen molar-refractivity contribution in [1.29, 1.82) is 0 Å². The third kappa shape index (κ3) is 3.33. The molecule has 19 heavy (non-hydrogen) atoms. The number of rotatable bonds is 3. The molecule has 2 aromatic carbocycles. The number of methoxy groups -OCH3 is 1. The van der Waals surface area contributed by atoms with Crippen LogP contribution in [0.15, 0.2) is 34.8 Å². The molecule has 0 heterocycles. The summed E-state index contributed by atoms with van der Waals surface area (Å²) in [6, 6.07) is 9.44. The molecule has 3 nitrogen and oxygen atoms in total. The fourth-order valence-corrected chi connectivity index (χ4v) is 2.38. The lowest BCUT2D eigenvalue weighted by Crippen LogP contribution is -1.96. The quantitative estimate of drug-likeness (QED) is 0.792. The second-order valence-electron chi connectivity index (χ2n) is 4.19. The Balaban J connectivity index is 2.36. The number of hydrogen-bond acceptors (Lipinski definition) is 3. The van der Waals surface area contributed by atoms with Crippen LogP contribution in [0.3, 0.4) is 0 Å². The summed E-state index contributed by atoms with van der Waals surface area (Å²) in [5.41, 5.74) is 9.20. The molecule has 0 spiro atoms. The van der Waals surface area contributed by atoms with E-state index in [2.05, 4.69) is 21.2 Å². The largest absolute Gasteiger partial charge is 0.497 e. The lowest BCUT2D eigenvalue weighted by atomic mass is 10.1. The molecule has 3 N–H and O–H groups in total. The van der Waals surface area contributed by atoms with Crippen molar-refractivity contribution in [2.45, 2.75) is 6.92 Å². The first-order valence-electron chi connectivity index (χ1n) is 5.67. The third-order valence-electron chi connectivity index (χ3n) is 2.73. The van der Waals surface area contributed by atoms with Gasteiger partial charge in [0.2, 0.25) is 0 Å². The molecule has 0 radical (unpaired) electrons. The van der Waals surface area contributed by atoms with Crippen molar-refractivity contribution < 1.29 is 4.74 Å². The molecule has 0 bridgehead atoms. The van der Waals surface area contributed by atoms with Crippen LogP contribution in [0.25, 0.3) is 0 Å². The number of nitrogens with one attached hydrogen (secondary N) is 1. The SMILES string of the molecule is COc1cc(Br)cc(Nc2cc(Cl)c(N)cc2C)c1. The van der Waals surface area contributed by atoms with Crippen molar-refractivity contribution in [3.63, 3.8) is 0 Å². The van der Waals surface area contributed by atoms with Crippen molar-refractivity contribution in [3.8, 4) is 5.75 Å². The first kappa shape index (κ1) is 14.0. The second-order valence-corrected chi connectivity index (χ2v) is 5.52. The molecule has 2 rings (SSSR count). The molecular weight excluding hydrogens is 328 g/mol. The van der Waals surface area contributed by atoms with E-state index < -0.39 is 0 Å². The minimum absolute atomic E-state index is 0.537. The Labute approximate surface area is 125 Å². The van der Waals surface area contributed by atoms with Crippen molar-refractivity contribution in [1.82, 2.24) is 0 Å². The number of hydrogen-bond donors (Lipinski definition) is 2. The van der Waals surface area contributed by atoms with Gasteiger partial charge in [-0.2, -0.15) is 0 Å². The number of nitrogens with two attached hydrogens (primary N) is 1. The van der Waals surface area contributed by atoms with Crippen LogP contribution in [0, 0.1) is 6.92 Å². The molecule has 0 aromatic heterocycles. The molecular formula is C14H14BrClN2O. The van der Waals surface area contributed by atoms with Crippen molar-refractivity contribution in [2.24, 2.45) is 0 Å². The Morgan fingerprint density at radius 1 is 1.21 bits per heavy atom. The highest BCUT2D eigenvalue weighted by atomic mass is 79.9. The van der Waals surface area contributed by atoms with Gasteiger partial charge in [-0.15, -0.1) is 0 Å². The second kappa shape index (κ2) is 5.72. The van der Waals surface area contributed by atoms with Crippen molar-refractivity contribution in [3.05, 3.63) is 45.4 Å². The monoisotopic (exact) mass is 340 g/mol. The highest BCUT2D eigenvalue weighted by Crippen LogP contribution is 2.31. The third-order valence-corrected chi connectivity index (χ3v) is 3.51. The Kier molecular flexibility index (Phi) is 4.22. The van der Waals surface area contributed by atoms with Crippen LogP contribution in [0.4, 0.5) is 17.1 Å². The van der Waals surface area contributed by atoms with Crippen LogP contribution >= 0.6 is 27.5 Å². The fourth-order valence-electron chi connectivity index (χ4n) is 1.75. The highest BCUT2D eigenvalue weighted by Gasteiger charge is 2.05. The summed E-state index contributed by atoms with van der Waals surface area (Å²) in [6.45, 7) is 1.98. The molecule has 0 aliphatic rings. The van der Waals surface area contributed by atoms with Gasteiger partial charge >= 0.3 is 0 Å². The summed E-state index contributed by atoms with van der Waals surface area (Å²) in [7, 11) is 1.64. The van der Waals surface area contributed by atoms with E-state index in [9.17, 15) is 0 Å². The smallest absolute Gasteiger partial charge is 0.122 e. The summed E-state index contributed by atoms with van der Waals surface area (Å²) >= 11 is 9.49. The number of anilines is 3. The van der Waals surface area contributed by atoms with Crippen LogP contribution in [0.1, 0.15) is 5.56 Å². The molecule has 100 valence electrons. The molecule has 2 aromatic rings. The lowest BCUT2D eigenvalue weighted by Gasteiger charge is -2.13. The highest BCUT2D eigenvalue weighted by molar-refractivity contribution is 9.10. The molecule has 0 amide bonds.